The zero-order chi connectivity index (χ0) is 16.7. The average Bonchev–Trinajstić information content (AvgIpc) is 2.59. The molecule has 2 rings (SSSR count). The summed E-state index contributed by atoms with van der Waals surface area (Å²) in [5.41, 5.74) is 9.75. The predicted octanol–water partition coefficient (Wildman–Crippen LogP) is 2.23. The summed E-state index contributed by atoms with van der Waals surface area (Å²) >= 11 is 0. The molecule has 0 aliphatic heterocycles. The van der Waals surface area contributed by atoms with E-state index in [4.69, 9.17) is 10.9 Å². The average molecular weight is 308 g/mol. The Balaban J connectivity index is 2.25. The molecule has 0 spiro atoms. The van der Waals surface area contributed by atoms with Gasteiger partial charge >= 0.3 is 0 Å². The van der Waals surface area contributed by atoms with Crippen molar-refractivity contribution in [3.05, 3.63) is 77.4 Å². The molecule has 5 heteroatoms. The summed E-state index contributed by atoms with van der Waals surface area (Å²) in [7, 11) is 0. The minimum absolute atomic E-state index is 0.425. The Morgan fingerprint density at radius 2 is 1.57 bits per heavy atom. The molecule has 2 amide bonds. The maximum absolute atomic E-state index is 11.7. The number of carbonyl (C=O) groups excluding carboxylic acids is 2. The molecule has 0 aliphatic rings. The molecule has 2 aromatic rings. The molecular formula is C18H16N2O3. The molecule has 116 valence electrons. The van der Waals surface area contributed by atoms with Crippen LogP contribution in [0.25, 0.3) is 17.7 Å². The van der Waals surface area contributed by atoms with E-state index in [0.29, 0.717) is 5.57 Å². The molecule has 4 N–H and O–H groups in total. The number of primary amides is 1. The van der Waals surface area contributed by atoms with Crippen LogP contribution in [-0.2, 0) is 9.59 Å². The first-order valence-corrected chi connectivity index (χ1v) is 6.89. The number of amides is 2. The van der Waals surface area contributed by atoms with Gasteiger partial charge in [-0.2, -0.15) is 0 Å². The standard InChI is InChI=1S/C18H16N2O3/c19-18(22)16(15-4-2-1-3-5-15)12-14-8-6-13(7-9-14)10-11-17(21)20-23/h1-12,23H,(H2,19,22)(H,20,21). The molecule has 2 aromatic carbocycles. The highest BCUT2D eigenvalue weighted by atomic mass is 16.5. The van der Waals surface area contributed by atoms with Crippen LogP contribution in [0.5, 0.6) is 0 Å². The third-order valence-corrected chi connectivity index (χ3v) is 3.14. The molecule has 0 aromatic heterocycles. The fourth-order valence-electron chi connectivity index (χ4n) is 1.99. The van der Waals surface area contributed by atoms with Crippen LogP contribution in [-0.4, -0.2) is 17.0 Å². The maximum Gasteiger partial charge on any atom is 0.267 e. The number of nitrogens with one attached hydrogen (secondary N) is 1. The van der Waals surface area contributed by atoms with E-state index in [2.05, 4.69) is 0 Å². The van der Waals surface area contributed by atoms with E-state index in [0.717, 1.165) is 16.7 Å². The second-order valence-corrected chi connectivity index (χ2v) is 4.76. The van der Waals surface area contributed by atoms with E-state index >= 15 is 0 Å². The fourth-order valence-corrected chi connectivity index (χ4v) is 1.99. The second kappa shape index (κ2) is 7.72. The lowest BCUT2D eigenvalue weighted by Crippen LogP contribution is -2.14. The lowest BCUT2D eigenvalue weighted by Gasteiger charge is -2.04. The van der Waals surface area contributed by atoms with E-state index in [1.807, 2.05) is 42.5 Å². The number of nitrogens with two attached hydrogens (primary N) is 1. The van der Waals surface area contributed by atoms with Crippen LogP contribution >= 0.6 is 0 Å². The van der Waals surface area contributed by atoms with E-state index < -0.39 is 11.8 Å². The summed E-state index contributed by atoms with van der Waals surface area (Å²) in [6.07, 6.45) is 4.49. The molecule has 0 saturated heterocycles. The highest BCUT2D eigenvalue weighted by Gasteiger charge is 2.07. The van der Waals surface area contributed by atoms with Gasteiger partial charge in [0.1, 0.15) is 0 Å². The van der Waals surface area contributed by atoms with E-state index in [-0.39, 0.29) is 0 Å². The molecule has 23 heavy (non-hydrogen) atoms. The summed E-state index contributed by atoms with van der Waals surface area (Å²) in [5.74, 6) is -1.10. The molecule has 0 aliphatic carbocycles. The molecule has 0 atom stereocenters. The van der Waals surface area contributed by atoms with Crippen LogP contribution in [0.2, 0.25) is 0 Å². The van der Waals surface area contributed by atoms with Gasteiger partial charge in [0, 0.05) is 11.6 Å². The number of hydroxylamine groups is 1. The summed E-state index contributed by atoms with van der Waals surface area (Å²) in [6.45, 7) is 0. The van der Waals surface area contributed by atoms with Crippen LogP contribution in [0.1, 0.15) is 16.7 Å². The van der Waals surface area contributed by atoms with Crippen LogP contribution in [0, 0.1) is 0 Å². The van der Waals surface area contributed by atoms with Crippen LogP contribution in [0.15, 0.2) is 60.7 Å². The van der Waals surface area contributed by atoms with Crippen LogP contribution in [0.4, 0.5) is 0 Å². The third kappa shape index (κ3) is 4.66. The first kappa shape index (κ1) is 16.2. The molecular weight excluding hydrogens is 292 g/mol. The molecule has 0 heterocycles. The lowest BCUT2D eigenvalue weighted by molar-refractivity contribution is -0.124. The molecule has 0 saturated carbocycles. The Morgan fingerprint density at radius 1 is 0.957 bits per heavy atom. The Labute approximate surface area is 133 Å². The van der Waals surface area contributed by atoms with Crippen molar-refractivity contribution in [1.29, 1.82) is 0 Å². The minimum atomic E-state index is -0.603. The predicted molar refractivity (Wildman–Crippen MR) is 88.9 cm³/mol. The van der Waals surface area contributed by atoms with Crippen molar-refractivity contribution in [2.45, 2.75) is 0 Å². The Kier molecular flexibility index (Phi) is 5.44. The van der Waals surface area contributed by atoms with Gasteiger partial charge in [0.15, 0.2) is 0 Å². The monoisotopic (exact) mass is 308 g/mol. The van der Waals surface area contributed by atoms with Gasteiger partial charge in [-0.15, -0.1) is 0 Å². The van der Waals surface area contributed by atoms with Crippen LogP contribution < -0.4 is 11.2 Å². The molecule has 0 unspecified atom stereocenters. The van der Waals surface area contributed by atoms with Gasteiger partial charge < -0.3 is 5.73 Å². The van der Waals surface area contributed by atoms with Gasteiger partial charge in [-0.25, -0.2) is 5.48 Å². The number of rotatable bonds is 5. The Morgan fingerprint density at radius 3 is 2.13 bits per heavy atom. The van der Waals surface area contributed by atoms with E-state index in [1.165, 1.54) is 11.6 Å². The van der Waals surface area contributed by atoms with Crippen LogP contribution in [0.3, 0.4) is 0 Å². The van der Waals surface area contributed by atoms with Crippen molar-refractivity contribution in [1.82, 2.24) is 5.48 Å². The molecule has 0 bridgehead atoms. The zero-order valence-corrected chi connectivity index (χ0v) is 12.3. The van der Waals surface area contributed by atoms with Gasteiger partial charge in [0.05, 0.1) is 0 Å². The number of benzene rings is 2. The van der Waals surface area contributed by atoms with Crippen molar-refractivity contribution in [2.75, 3.05) is 0 Å². The Hall–Kier alpha value is -3.18. The number of hydrogen-bond donors (Lipinski definition) is 3. The van der Waals surface area contributed by atoms with Gasteiger partial charge in [0.25, 0.3) is 5.91 Å². The summed E-state index contributed by atoms with van der Waals surface area (Å²) in [5, 5.41) is 8.41. The lowest BCUT2D eigenvalue weighted by atomic mass is 10.0. The van der Waals surface area contributed by atoms with Gasteiger partial charge in [-0.05, 0) is 28.8 Å². The van der Waals surface area contributed by atoms with E-state index in [1.54, 1.807) is 24.3 Å². The largest absolute Gasteiger partial charge is 0.366 e. The summed E-state index contributed by atoms with van der Waals surface area (Å²) in [6, 6.07) is 16.4. The normalized spacial score (nSPS) is 11.4. The summed E-state index contributed by atoms with van der Waals surface area (Å²) < 4.78 is 0. The van der Waals surface area contributed by atoms with Crippen molar-refractivity contribution >= 4 is 29.5 Å². The topological polar surface area (TPSA) is 92.4 Å². The SMILES string of the molecule is NC(=O)C(=Cc1ccc(C=CC(=O)NO)cc1)c1ccccc1. The molecule has 0 fully saturated rings. The Bertz CT molecular complexity index is 748. The quantitative estimate of drug-likeness (QED) is 0.342. The number of carbonyl (C=O) groups is 2. The first-order valence-electron chi connectivity index (χ1n) is 6.89. The van der Waals surface area contributed by atoms with Crippen molar-refractivity contribution in [3.8, 4) is 0 Å². The van der Waals surface area contributed by atoms with Gasteiger partial charge in [-0.1, -0.05) is 54.6 Å². The zero-order valence-electron chi connectivity index (χ0n) is 12.3. The van der Waals surface area contributed by atoms with Crippen molar-refractivity contribution in [3.63, 3.8) is 0 Å². The summed E-state index contributed by atoms with van der Waals surface area (Å²) in [4.78, 5) is 22.6. The highest BCUT2D eigenvalue weighted by molar-refractivity contribution is 6.23. The fraction of sp³-hybridized carbons (Fsp3) is 0. The second-order valence-electron chi connectivity index (χ2n) is 4.76. The smallest absolute Gasteiger partial charge is 0.267 e. The number of hydrogen-bond acceptors (Lipinski definition) is 3. The minimum Gasteiger partial charge on any atom is -0.366 e. The van der Waals surface area contributed by atoms with Gasteiger partial charge in [0.2, 0.25) is 5.91 Å². The van der Waals surface area contributed by atoms with Crippen molar-refractivity contribution in [2.24, 2.45) is 5.73 Å². The van der Waals surface area contributed by atoms with Crippen molar-refractivity contribution < 1.29 is 14.8 Å². The first-order chi connectivity index (χ1) is 11.1. The van der Waals surface area contributed by atoms with E-state index in [9.17, 15) is 9.59 Å². The molecule has 5 nitrogen and oxygen atoms in total. The molecule has 0 radical (unpaired) electrons. The maximum atomic E-state index is 11.7. The van der Waals surface area contributed by atoms with Gasteiger partial charge in [-0.3, -0.25) is 14.8 Å². The highest BCUT2D eigenvalue weighted by Crippen LogP contribution is 2.18. The third-order valence-electron chi connectivity index (χ3n) is 3.14.